The zero-order valence-electron chi connectivity index (χ0n) is 13.2. The van der Waals surface area contributed by atoms with Crippen molar-refractivity contribution >= 4 is 33.6 Å². The fourth-order valence-corrected chi connectivity index (χ4v) is 3.12. The van der Waals surface area contributed by atoms with Gasteiger partial charge in [0.25, 0.3) is 0 Å². The maximum atomic E-state index is 11.8. The zero-order valence-corrected chi connectivity index (χ0v) is 14.8. The van der Waals surface area contributed by atoms with Crippen molar-refractivity contribution in [2.24, 2.45) is 0 Å². The van der Waals surface area contributed by atoms with Gasteiger partial charge in [0.15, 0.2) is 0 Å². The van der Waals surface area contributed by atoms with Crippen LogP contribution in [0.2, 0.25) is 0 Å². The number of carbonyl (C=O) groups is 2. The van der Waals surface area contributed by atoms with E-state index in [1.165, 1.54) is 19.3 Å². The normalized spacial score (nSPS) is 15.0. The molecule has 1 fully saturated rings. The number of urea groups is 1. The highest BCUT2D eigenvalue weighted by Gasteiger charge is 2.15. The second-order valence-corrected chi connectivity index (χ2v) is 6.81. The molecule has 6 heteroatoms. The molecule has 0 unspecified atom stereocenters. The summed E-state index contributed by atoms with van der Waals surface area (Å²) in [4.78, 5) is 23.6. The SMILES string of the molecule is O=C(CCCNC(=O)NC1CCCCC1)Nc1cccc(Br)c1. The van der Waals surface area contributed by atoms with Crippen LogP contribution in [0.3, 0.4) is 0 Å². The van der Waals surface area contributed by atoms with Crippen molar-refractivity contribution < 1.29 is 9.59 Å². The minimum atomic E-state index is -0.121. The first-order valence-corrected chi connectivity index (χ1v) is 9.02. The largest absolute Gasteiger partial charge is 0.338 e. The number of hydrogen-bond acceptors (Lipinski definition) is 2. The van der Waals surface area contributed by atoms with Gasteiger partial charge in [0.05, 0.1) is 0 Å². The summed E-state index contributed by atoms with van der Waals surface area (Å²) in [5.74, 6) is -0.0439. The van der Waals surface area contributed by atoms with Gasteiger partial charge in [0, 0.05) is 29.2 Å². The molecule has 0 aromatic heterocycles. The highest BCUT2D eigenvalue weighted by Crippen LogP contribution is 2.17. The van der Waals surface area contributed by atoms with E-state index in [9.17, 15) is 9.59 Å². The van der Waals surface area contributed by atoms with Crippen molar-refractivity contribution in [3.63, 3.8) is 0 Å². The van der Waals surface area contributed by atoms with E-state index in [2.05, 4.69) is 31.9 Å². The lowest BCUT2D eigenvalue weighted by molar-refractivity contribution is -0.116. The average Bonchev–Trinajstić information content (AvgIpc) is 2.52. The van der Waals surface area contributed by atoms with Crippen LogP contribution in [0.5, 0.6) is 0 Å². The van der Waals surface area contributed by atoms with Crippen LogP contribution in [-0.2, 0) is 4.79 Å². The lowest BCUT2D eigenvalue weighted by Crippen LogP contribution is -2.43. The van der Waals surface area contributed by atoms with Crippen LogP contribution in [-0.4, -0.2) is 24.5 Å². The van der Waals surface area contributed by atoms with Crippen LogP contribution in [0.4, 0.5) is 10.5 Å². The summed E-state index contributed by atoms with van der Waals surface area (Å²) >= 11 is 3.37. The smallest absolute Gasteiger partial charge is 0.315 e. The lowest BCUT2D eigenvalue weighted by atomic mass is 9.96. The Kier molecular flexibility index (Phi) is 7.39. The van der Waals surface area contributed by atoms with Gasteiger partial charge in [-0.05, 0) is 37.5 Å². The number of hydrogen-bond donors (Lipinski definition) is 3. The first-order valence-electron chi connectivity index (χ1n) is 8.23. The highest BCUT2D eigenvalue weighted by atomic mass is 79.9. The van der Waals surface area contributed by atoms with Crippen LogP contribution in [0, 0.1) is 0 Å². The number of carbonyl (C=O) groups excluding carboxylic acids is 2. The van der Waals surface area contributed by atoms with E-state index in [0.29, 0.717) is 25.4 Å². The van der Waals surface area contributed by atoms with Crippen molar-refractivity contribution in [1.82, 2.24) is 10.6 Å². The van der Waals surface area contributed by atoms with Gasteiger partial charge in [-0.25, -0.2) is 4.79 Å². The molecule has 1 aliphatic carbocycles. The Morgan fingerprint density at radius 2 is 1.96 bits per heavy atom. The Hall–Kier alpha value is -1.56. The van der Waals surface area contributed by atoms with Gasteiger partial charge in [-0.3, -0.25) is 4.79 Å². The summed E-state index contributed by atoms with van der Waals surface area (Å²) < 4.78 is 0.927. The van der Waals surface area contributed by atoms with Gasteiger partial charge < -0.3 is 16.0 Å². The molecule has 5 nitrogen and oxygen atoms in total. The van der Waals surface area contributed by atoms with Crippen molar-refractivity contribution in [2.75, 3.05) is 11.9 Å². The van der Waals surface area contributed by atoms with Crippen LogP contribution in [0.1, 0.15) is 44.9 Å². The molecule has 0 bridgehead atoms. The molecule has 1 saturated carbocycles. The van der Waals surface area contributed by atoms with E-state index in [1.807, 2.05) is 24.3 Å². The van der Waals surface area contributed by atoms with Gasteiger partial charge in [-0.1, -0.05) is 41.3 Å². The van der Waals surface area contributed by atoms with Crippen LogP contribution < -0.4 is 16.0 Å². The van der Waals surface area contributed by atoms with Crippen molar-refractivity contribution in [1.29, 1.82) is 0 Å². The number of benzene rings is 1. The van der Waals surface area contributed by atoms with E-state index in [0.717, 1.165) is 23.0 Å². The van der Waals surface area contributed by atoms with Gasteiger partial charge >= 0.3 is 6.03 Å². The predicted octanol–water partition coefficient (Wildman–Crippen LogP) is 3.80. The second kappa shape index (κ2) is 9.55. The quantitative estimate of drug-likeness (QED) is 0.655. The van der Waals surface area contributed by atoms with Gasteiger partial charge in [0.1, 0.15) is 0 Å². The fraction of sp³-hybridized carbons (Fsp3) is 0.529. The molecule has 2 rings (SSSR count). The zero-order chi connectivity index (χ0) is 16.5. The van der Waals surface area contributed by atoms with Crippen molar-refractivity contribution in [3.8, 4) is 0 Å². The third kappa shape index (κ3) is 7.03. The molecule has 0 spiro atoms. The number of amides is 3. The molecule has 0 atom stereocenters. The molecule has 3 amide bonds. The summed E-state index contributed by atoms with van der Waals surface area (Å²) in [6.07, 6.45) is 6.81. The van der Waals surface area contributed by atoms with E-state index in [4.69, 9.17) is 0 Å². The standard InChI is InChI=1S/C17H24BrN3O2/c18-13-6-4-9-15(12-13)20-16(22)10-5-11-19-17(23)21-14-7-2-1-3-8-14/h4,6,9,12,14H,1-3,5,7-8,10-11H2,(H,20,22)(H2,19,21,23). The van der Waals surface area contributed by atoms with Gasteiger partial charge in [-0.15, -0.1) is 0 Å². The maximum absolute atomic E-state index is 11.8. The molecule has 0 saturated heterocycles. The Morgan fingerprint density at radius 1 is 1.17 bits per heavy atom. The van der Waals surface area contributed by atoms with Crippen molar-refractivity contribution in [3.05, 3.63) is 28.7 Å². The van der Waals surface area contributed by atoms with Gasteiger partial charge in [-0.2, -0.15) is 0 Å². The van der Waals surface area contributed by atoms with E-state index in [1.54, 1.807) is 0 Å². The molecule has 1 aromatic rings. The molecule has 3 N–H and O–H groups in total. The van der Waals surface area contributed by atoms with E-state index >= 15 is 0 Å². The topological polar surface area (TPSA) is 70.2 Å². The Labute approximate surface area is 145 Å². The Balaban J connectivity index is 1.57. The first-order chi connectivity index (χ1) is 11.1. The maximum Gasteiger partial charge on any atom is 0.315 e. The number of halogens is 1. The first kappa shape index (κ1) is 17.8. The summed E-state index contributed by atoms with van der Waals surface area (Å²) in [6, 6.07) is 7.67. The summed E-state index contributed by atoms with van der Waals surface area (Å²) in [6.45, 7) is 0.504. The summed E-state index contributed by atoms with van der Waals surface area (Å²) in [5.41, 5.74) is 0.771. The van der Waals surface area contributed by atoms with E-state index < -0.39 is 0 Å². The molecular formula is C17H24BrN3O2. The van der Waals surface area contributed by atoms with Crippen LogP contribution in [0.25, 0.3) is 0 Å². The van der Waals surface area contributed by atoms with Crippen LogP contribution >= 0.6 is 15.9 Å². The molecule has 23 heavy (non-hydrogen) atoms. The highest BCUT2D eigenvalue weighted by molar-refractivity contribution is 9.10. The third-order valence-corrected chi connectivity index (χ3v) is 4.41. The fourth-order valence-electron chi connectivity index (χ4n) is 2.72. The van der Waals surface area contributed by atoms with Gasteiger partial charge in [0.2, 0.25) is 5.91 Å². The third-order valence-electron chi connectivity index (χ3n) is 3.91. The minimum Gasteiger partial charge on any atom is -0.338 e. The summed E-state index contributed by atoms with van der Waals surface area (Å²) in [5, 5.41) is 8.66. The average molecular weight is 382 g/mol. The number of nitrogens with one attached hydrogen (secondary N) is 3. The molecule has 0 radical (unpaired) electrons. The van der Waals surface area contributed by atoms with Crippen molar-refractivity contribution in [2.45, 2.75) is 51.0 Å². The lowest BCUT2D eigenvalue weighted by Gasteiger charge is -2.22. The molecule has 1 aliphatic rings. The number of rotatable bonds is 6. The minimum absolute atomic E-state index is 0.0439. The molecule has 1 aromatic carbocycles. The summed E-state index contributed by atoms with van der Waals surface area (Å²) in [7, 11) is 0. The second-order valence-electron chi connectivity index (χ2n) is 5.90. The molecule has 0 heterocycles. The monoisotopic (exact) mass is 381 g/mol. The predicted molar refractivity (Wildman–Crippen MR) is 95.4 cm³/mol. The molecule has 126 valence electrons. The number of anilines is 1. The van der Waals surface area contributed by atoms with E-state index in [-0.39, 0.29) is 11.9 Å². The Bertz CT molecular complexity index is 530. The molecule has 0 aliphatic heterocycles. The Morgan fingerprint density at radius 3 is 2.70 bits per heavy atom. The van der Waals surface area contributed by atoms with Crippen LogP contribution in [0.15, 0.2) is 28.7 Å². The molecular weight excluding hydrogens is 358 g/mol.